The van der Waals surface area contributed by atoms with E-state index in [1.807, 2.05) is 0 Å². The molecule has 1 aliphatic rings. The number of hydrogen-bond donors (Lipinski definition) is 0. The molecule has 1 heterocycles. The minimum absolute atomic E-state index is 0.00878. The Hall–Kier alpha value is -1.31. The van der Waals surface area contributed by atoms with Crippen molar-refractivity contribution in [3.05, 3.63) is 58.6 Å². The summed E-state index contributed by atoms with van der Waals surface area (Å²) in [4.78, 5) is -0.217. The third-order valence-electron chi connectivity index (χ3n) is 3.73. The smallest absolute Gasteiger partial charge is 0.263 e. The SMILES string of the molecule is COc1ccc(C2(c3cccc(Cl)c3S(=O)(=O)Cl)OCCO2)cc1. The minimum atomic E-state index is -4.10. The minimum Gasteiger partial charge on any atom is -0.497 e. The first kappa shape index (κ1) is 17.5. The van der Waals surface area contributed by atoms with Crippen LogP contribution in [-0.4, -0.2) is 28.7 Å². The molecule has 2 aromatic carbocycles. The van der Waals surface area contributed by atoms with Crippen molar-refractivity contribution in [2.45, 2.75) is 10.7 Å². The Kier molecular flexibility index (Phi) is 4.77. The van der Waals surface area contributed by atoms with E-state index in [2.05, 4.69) is 0 Å². The van der Waals surface area contributed by atoms with Crippen LogP contribution in [0.1, 0.15) is 11.1 Å². The van der Waals surface area contributed by atoms with Gasteiger partial charge in [0.1, 0.15) is 10.6 Å². The highest BCUT2D eigenvalue weighted by molar-refractivity contribution is 8.13. The van der Waals surface area contributed by atoms with Gasteiger partial charge in [0.05, 0.1) is 25.3 Å². The second kappa shape index (κ2) is 6.54. The van der Waals surface area contributed by atoms with E-state index in [9.17, 15) is 8.42 Å². The number of methoxy groups -OCH3 is 1. The Bertz CT molecular complexity index is 843. The van der Waals surface area contributed by atoms with Crippen molar-refractivity contribution in [1.29, 1.82) is 0 Å². The van der Waals surface area contributed by atoms with Crippen molar-refractivity contribution in [1.82, 2.24) is 0 Å². The second-order valence-corrected chi connectivity index (χ2v) is 8.01. The topological polar surface area (TPSA) is 61.8 Å². The third-order valence-corrected chi connectivity index (χ3v) is 5.55. The maximum Gasteiger partial charge on any atom is 0.263 e. The molecule has 1 aliphatic heterocycles. The second-order valence-electron chi connectivity index (χ2n) is 5.10. The van der Waals surface area contributed by atoms with Crippen LogP contribution in [0.3, 0.4) is 0 Å². The maximum atomic E-state index is 12.1. The zero-order chi connectivity index (χ0) is 17.4. The van der Waals surface area contributed by atoms with E-state index >= 15 is 0 Å². The van der Waals surface area contributed by atoms with Gasteiger partial charge in [0.2, 0.25) is 5.79 Å². The van der Waals surface area contributed by atoms with Crippen molar-refractivity contribution >= 4 is 31.3 Å². The molecule has 1 fully saturated rings. The molecular formula is C16H14Cl2O5S. The summed E-state index contributed by atoms with van der Waals surface area (Å²) in [5.74, 6) is -0.739. The summed E-state index contributed by atoms with van der Waals surface area (Å²) < 4.78 is 40.9. The highest BCUT2D eigenvalue weighted by atomic mass is 35.7. The van der Waals surface area contributed by atoms with E-state index in [4.69, 9.17) is 36.5 Å². The molecule has 0 aliphatic carbocycles. The van der Waals surface area contributed by atoms with Crippen molar-refractivity contribution in [3.63, 3.8) is 0 Å². The summed E-state index contributed by atoms with van der Waals surface area (Å²) in [7, 11) is 3.05. The average Bonchev–Trinajstić information content (AvgIpc) is 3.04. The van der Waals surface area contributed by atoms with Gasteiger partial charge in [-0.3, -0.25) is 0 Å². The molecule has 0 spiro atoms. The van der Waals surface area contributed by atoms with Crippen LogP contribution < -0.4 is 4.74 Å². The normalized spacial score (nSPS) is 17.0. The van der Waals surface area contributed by atoms with Crippen LogP contribution >= 0.6 is 22.3 Å². The van der Waals surface area contributed by atoms with Gasteiger partial charge in [-0.25, -0.2) is 8.42 Å². The van der Waals surface area contributed by atoms with Crippen LogP contribution in [0.4, 0.5) is 0 Å². The first-order valence-corrected chi connectivity index (χ1v) is 9.73. The van der Waals surface area contributed by atoms with E-state index < -0.39 is 14.8 Å². The lowest BCUT2D eigenvalue weighted by atomic mass is 9.97. The van der Waals surface area contributed by atoms with Gasteiger partial charge in [0.15, 0.2) is 0 Å². The Morgan fingerprint density at radius 3 is 2.25 bits per heavy atom. The lowest BCUT2D eigenvalue weighted by molar-refractivity contribution is -0.131. The first-order chi connectivity index (χ1) is 11.4. The van der Waals surface area contributed by atoms with E-state index in [0.717, 1.165) is 0 Å². The largest absolute Gasteiger partial charge is 0.497 e. The Morgan fingerprint density at radius 2 is 1.71 bits per heavy atom. The van der Waals surface area contributed by atoms with Gasteiger partial charge in [-0.2, -0.15) is 0 Å². The van der Waals surface area contributed by atoms with Gasteiger partial charge in [0.25, 0.3) is 9.05 Å². The van der Waals surface area contributed by atoms with Crippen molar-refractivity contribution in [2.24, 2.45) is 0 Å². The van der Waals surface area contributed by atoms with Crippen LogP contribution in [0.2, 0.25) is 5.02 Å². The highest BCUT2D eigenvalue weighted by Gasteiger charge is 2.44. The fraction of sp³-hybridized carbons (Fsp3) is 0.250. The fourth-order valence-electron chi connectivity index (χ4n) is 2.72. The lowest BCUT2D eigenvalue weighted by Gasteiger charge is -2.30. The number of rotatable bonds is 4. The molecule has 0 saturated carbocycles. The van der Waals surface area contributed by atoms with Crippen LogP contribution in [0.25, 0.3) is 0 Å². The van der Waals surface area contributed by atoms with Crippen molar-refractivity contribution < 1.29 is 22.6 Å². The molecular weight excluding hydrogens is 375 g/mol. The highest BCUT2D eigenvalue weighted by Crippen LogP contribution is 2.44. The summed E-state index contributed by atoms with van der Waals surface area (Å²) in [6, 6.07) is 11.6. The molecule has 3 rings (SSSR count). The monoisotopic (exact) mass is 388 g/mol. The fourth-order valence-corrected chi connectivity index (χ4v) is 4.58. The van der Waals surface area contributed by atoms with Crippen LogP contribution in [0.15, 0.2) is 47.4 Å². The molecule has 128 valence electrons. The van der Waals surface area contributed by atoms with E-state index in [0.29, 0.717) is 24.5 Å². The van der Waals surface area contributed by atoms with E-state index in [-0.39, 0.29) is 15.5 Å². The molecule has 0 amide bonds. The molecule has 24 heavy (non-hydrogen) atoms. The van der Waals surface area contributed by atoms with Crippen LogP contribution in [0, 0.1) is 0 Å². The zero-order valence-electron chi connectivity index (χ0n) is 12.7. The predicted octanol–water partition coefficient (Wildman–Crippen LogP) is 3.52. The Labute approximate surface area is 149 Å². The average molecular weight is 389 g/mol. The van der Waals surface area contributed by atoms with Gasteiger partial charge < -0.3 is 14.2 Å². The van der Waals surface area contributed by atoms with Gasteiger partial charge in [-0.1, -0.05) is 23.7 Å². The van der Waals surface area contributed by atoms with Crippen LogP contribution in [0.5, 0.6) is 5.75 Å². The first-order valence-electron chi connectivity index (χ1n) is 7.04. The number of ether oxygens (including phenoxy) is 3. The number of hydrogen-bond acceptors (Lipinski definition) is 5. The van der Waals surface area contributed by atoms with Gasteiger partial charge in [-0.15, -0.1) is 0 Å². The summed E-state index contributed by atoms with van der Waals surface area (Å²) in [5.41, 5.74) is 0.859. The van der Waals surface area contributed by atoms with E-state index in [1.54, 1.807) is 43.5 Å². The number of benzene rings is 2. The molecule has 0 radical (unpaired) electrons. The molecule has 0 N–H and O–H groups in total. The number of halogens is 2. The lowest BCUT2D eigenvalue weighted by Crippen LogP contribution is -2.30. The standard InChI is InChI=1S/C16H14Cl2O5S/c1-21-12-7-5-11(6-8-12)16(22-9-10-23-16)13-3-2-4-14(17)15(13)24(18,19)20/h2-8H,9-10H2,1H3. The summed E-state index contributed by atoms with van der Waals surface area (Å²) >= 11 is 6.09. The molecule has 0 bridgehead atoms. The summed E-state index contributed by atoms with van der Waals surface area (Å²) in [6.45, 7) is 0.612. The molecule has 5 nitrogen and oxygen atoms in total. The van der Waals surface area contributed by atoms with Crippen molar-refractivity contribution in [3.8, 4) is 5.75 Å². The van der Waals surface area contributed by atoms with E-state index in [1.165, 1.54) is 6.07 Å². The summed E-state index contributed by atoms with van der Waals surface area (Å²) in [5, 5.41) is 0.00878. The molecule has 8 heteroatoms. The molecule has 2 aromatic rings. The van der Waals surface area contributed by atoms with Gasteiger partial charge in [0, 0.05) is 21.8 Å². The molecule has 0 atom stereocenters. The van der Waals surface area contributed by atoms with Gasteiger partial charge in [-0.05, 0) is 30.3 Å². The molecule has 0 unspecified atom stereocenters. The van der Waals surface area contributed by atoms with Crippen LogP contribution in [-0.2, 0) is 24.3 Å². The zero-order valence-corrected chi connectivity index (χ0v) is 15.0. The molecule has 0 aromatic heterocycles. The van der Waals surface area contributed by atoms with Gasteiger partial charge >= 0.3 is 0 Å². The predicted molar refractivity (Wildman–Crippen MR) is 90.2 cm³/mol. The summed E-state index contributed by atoms with van der Waals surface area (Å²) in [6.07, 6.45) is 0. The Balaban J connectivity index is 2.25. The Morgan fingerprint density at radius 1 is 1.08 bits per heavy atom. The third kappa shape index (κ3) is 3.00. The quantitative estimate of drug-likeness (QED) is 0.749. The van der Waals surface area contributed by atoms with Crippen molar-refractivity contribution in [2.75, 3.05) is 20.3 Å². The maximum absolute atomic E-state index is 12.1. The molecule has 1 saturated heterocycles.